The number of carboxylic acid groups (broad SMARTS) is 1. The molecule has 6 nitrogen and oxygen atoms in total. The maximum absolute atomic E-state index is 11.5. The van der Waals surface area contributed by atoms with Gasteiger partial charge in [-0.2, -0.15) is 0 Å². The molecule has 4 aromatic rings. The number of benzene rings is 2. The molecule has 31 heavy (non-hydrogen) atoms. The van der Waals surface area contributed by atoms with Crippen LogP contribution in [-0.2, 0) is 13.2 Å². The first kappa shape index (κ1) is 20.7. The minimum absolute atomic E-state index is 0.142. The van der Waals surface area contributed by atoms with Crippen LogP contribution in [0.5, 0.6) is 11.5 Å². The summed E-state index contributed by atoms with van der Waals surface area (Å²) in [4.78, 5) is 15.5. The first-order chi connectivity index (χ1) is 14.9. The van der Waals surface area contributed by atoms with Crippen LogP contribution in [0.1, 0.15) is 32.6 Å². The molecule has 158 valence electrons. The van der Waals surface area contributed by atoms with Gasteiger partial charge in [0, 0.05) is 23.2 Å². The highest BCUT2D eigenvalue weighted by molar-refractivity contribution is 7.17. The normalized spacial score (nSPS) is 10.9. The highest BCUT2D eigenvalue weighted by atomic mass is 32.1. The Kier molecular flexibility index (Phi) is 5.77. The number of aryl methyl sites for hydroxylation is 2. The molecule has 2 aromatic heterocycles. The second-order valence-corrected chi connectivity index (χ2v) is 8.19. The number of aromatic nitrogens is 1. The fraction of sp³-hybridized carbons (Fsp3) is 0.167. The second kappa shape index (κ2) is 8.65. The summed E-state index contributed by atoms with van der Waals surface area (Å²) in [5.41, 5.74) is 10.3. The van der Waals surface area contributed by atoms with Crippen molar-refractivity contribution in [3.05, 3.63) is 81.9 Å². The number of fused-ring (bicyclic) bond motifs is 1. The molecule has 7 heteroatoms. The molecule has 0 saturated heterocycles. The average Bonchev–Trinajstić information content (AvgIpc) is 3.16. The van der Waals surface area contributed by atoms with Crippen LogP contribution in [0.25, 0.3) is 10.1 Å². The van der Waals surface area contributed by atoms with Crippen molar-refractivity contribution in [1.29, 1.82) is 0 Å². The largest absolute Gasteiger partial charge is 0.489 e. The van der Waals surface area contributed by atoms with Crippen molar-refractivity contribution in [2.45, 2.75) is 27.1 Å². The summed E-state index contributed by atoms with van der Waals surface area (Å²) in [5, 5.41) is 11.9. The van der Waals surface area contributed by atoms with E-state index in [9.17, 15) is 9.90 Å². The van der Waals surface area contributed by atoms with Crippen molar-refractivity contribution >= 4 is 33.2 Å². The van der Waals surface area contributed by atoms with Gasteiger partial charge in [0.05, 0.1) is 10.3 Å². The second-order valence-electron chi connectivity index (χ2n) is 7.31. The molecule has 0 spiro atoms. The number of thiophene rings is 1. The maximum atomic E-state index is 11.5. The van der Waals surface area contributed by atoms with Crippen molar-refractivity contribution in [3.63, 3.8) is 0 Å². The van der Waals surface area contributed by atoms with Gasteiger partial charge in [0.1, 0.15) is 30.5 Å². The fourth-order valence-corrected chi connectivity index (χ4v) is 4.43. The third kappa shape index (κ3) is 4.46. The highest BCUT2D eigenvalue weighted by Gasteiger charge is 2.17. The van der Waals surface area contributed by atoms with Gasteiger partial charge in [0.2, 0.25) is 0 Å². The molecule has 3 N–H and O–H groups in total. The van der Waals surface area contributed by atoms with E-state index in [1.807, 2.05) is 48.7 Å². The monoisotopic (exact) mass is 434 g/mol. The third-order valence-electron chi connectivity index (χ3n) is 5.01. The molecular formula is C24H22N2O4S. The standard InChI is InChI=1S/C24H22N2O4S/c1-14-7-18(29-11-16-6-4-3-5-15(16)2)9-19(8-14)30-12-17-13-31-22-20(24(27)28)10-26-23(25)21(17)22/h3-10,13H,11-12H2,1-2H3,(H2,25,26)(H,27,28). The Balaban J connectivity index is 1.52. The van der Waals surface area contributed by atoms with E-state index < -0.39 is 5.97 Å². The number of rotatable bonds is 7. The molecule has 0 amide bonds. The quantitative estimate of drug-likeness (QED) is 0.407. The maximum Gasteiger partial charge on any atom is 0.338 e. The lowest BCUT2D eigenvalue weighted by Crippen LogP contribution is -2.02. The molecule has 2 heterocycles. The van der Waals surface area contributed by atoms with Crippen LogP contribution in [0, 0.1) is 13.8 Å². The molecule has 0 saturated carbocycles. The minimum Gasteiger partial charge on any atom is -0.489 e. The zero-order valence-electron chi connectivity index (χ0n) is 17.2. The number of hydrogen-bond acceptors (Lipinski definition) is 6. The Morgan fingerprint density at radius 2 is 1.74 bits per heavy atom. The van der Waals surface area contributed by atoms with Crippen LogP contribution >= 0.6 is 11.3 Å². The van der Waals surface area contributed by atoms with Crippen molar-refractivity contribution in [2.75, 3.05) is 5.73 Å². The Morgan fingerprint density at radius 1 is 1.06 bits per heavy atom. The van der Waals surface area contributed by atoms with E-state index in [0.29, 0.717) is 28.3 Å². The lowest BCUT2D eigenvalue weighted by Gasteiger charge is -2.12. The summed E-state index contributed by atoms with van der Waals surface area (Å²) in [6.07, 6.45) is 1.29. The zero-order valence-corrected chi connectivity index (χ0v) is 18.0. The van der Waals surface area contributed by atoms with Crippen LogP contribution < -0.4 is 15.2 Å². The van der Waals surface area contributed by atoms with Gasteiger partial charge in [-0.05, 0) is 48.1 Å². The van der Waals surface area contributed by atoms with Crippen molar-refractivity contribution in [2.24, 2.45) is 0 Å². The van der Waals surface area contributed by atoms with E-state index in [-0.39, 0.29) is 12.2 Å². The summed E-state index contributed by atoms with van der Waals surface area (Å²) in [7, 11) is 0. The highest BCUT2D eigenvalue weighted by Crippen LogP contribution is 2.33. The Hall–Kier alpha value is -3.58. The summed E-state index contributed by atoms with van der Waals surface area (Å²) < 4.78 is 12.6. The van der Waals surface area contributed by atoms with Gasteiger partial charge in [-0.3, -0.25) is 0 Å². The first-order valence-corrected chi connectivity index (χ1v) is 10.6. The number of nitrogens with two attached hydrogens (primary N) is 1. The SMILES string of the molecule is Cc1cc(OCc2ccccc2C)cc(OCc2csc3c(C(=O)O)cnc(N)c23)c1. The molecule has 0 atom stereocenters. The van der Waals surface area contributed by atoms with E-state index in [2.05, 4.69) is 18.0 Å². The number of ether oxygens (including phenoxy) is 2. The Labute approximate surface area is 183 Å². The molecule has 2 aromatic carbocycles. The van der Waals surface area contributed by atoms with E-state index >= 15 is 0 Å². The molecule has 0 aliphatic heterocycles. The lowest BCUT2D eigenvalue weighted by molar-refractivity contribution is 0.0699. The van der Waals surface area contributed by atoms with Crippen molar-refractivity contribution < 1.29 is 19.4 Å². The van der Waals surface area contributed by atoms with Crippen LogP contribution in [0.15, 0.2) is 54.0 Å². The lowest BCUT2D eigenvalue weighted by atomic mass is 10.1. The Morgan fingerprint density at radius 3 is 2.42 bits per heavy atom. The van der Waals surface area contributed by atoms with E-state index in [0.717, 1.165) is 22.4 Å². The van der Waals surface area contributed by atoms with Gasteiger partial charge in [0.15, 0.2) is 0 Å². The summed E-state index contributed by atoms with van der Waals surface area (Å²) >= 11 is 1.33. The van der Waals surface area contributed by atoms with Gasteiger partial charge in [-0.1, -0.05) is 24.3 Å². The molecule has 0 unspecified atom stereocenters. The number of nitrogens with zero attached hydrogens (tertiary/aromatic N) is 1. The first-order valence-electron chi connectivity index (χ1n) is 9.72. The fourth-order valence-electron chi connectivity index (χ4n) is 3.36. The van der Waals surface area contributed by atoms with Gasteiger partial charge in [0.25, 0.3) is 0 Å². The predicted molar refractivity (Wildman–Crippen MR) is 122 cm³/mol. The van der Waals surface area contributed by atoms with Gasteiger partial charge in [-0.25, -0.2) is 9.78 Å². The van der Waals surface area contributed by atoms with E-state index in [1.54, 1.807) is 0 Å². The Bertz CT molecular complexity index is 1270. The molecule has 0 radical (unpaired) electrons. The topological polar surface area (TPSA) is 94.7 Å². The summed E-state index contributed by atoms with van der Waals surface area (Å²) in [5.74, 6) is 0.662. The number of carbonyl (C=O) groups is 1. The van der Waals surface area contributed by atoms with Crippen LogP contribution in [0.3, 0.4) is 0 Å². The van der Waals surface area contributed by atoms with Crippen LogP contribution in [0.2, 0.25) is 0 Å². The average molecular weight is 435 g/mol. The number of pyridine rings is 1. The number of aromatic carboxylic acids is 1. The molecule has 0 aliphatic carbocycles. The van der Waals surface area contributed by atoms with Crippen molar-refractivity contribution in [1.82, 2.24) is 4.98 Å². The molecular weight excluding hydrogens is 412 g/mol. The smallest absolute Gasteiger partial charge is 0.338 e. The predicted octanol–water partition coefficient (Wildman–Crippen LogP) is 5.35. The minimum atomic E-state index is -1.03. The molecule has 0 fully saturated rings. The van der Waals surface area contributed by atoms with Crippen molar-refractivity contribution in [3.8, 4) is 11.5 Å². The molecule has 0 aliphatic rings. The third-order valence-corrected chi connectivity index (χ3v) is 6.07. The number of nitrogen functional groups attached to an aromatic ring is 1. The van der Waals surface area contributed by atoms with Gasteiger partial charge < -0.3 is 20.3 Å². The summed E-state index contributed by atoms with van der Waals surface area (Å²) in [6, 6.07) is 13.9. The zero-order chi connectivity index (χ0) is 22.0. The van der Waals surface area contributed by atoms with Gasteiger partial charge >= 0.3 is 5.97 Å². The number of anilines is 1. The van der Waals surface area contributed by atoms with Crippen LogP contribution in [-0.4, -0.2) is 16.1 Å². The van der Waals surface area contributed by atoms with E-state index in [1.165, 1.54) is 23.1 Å². The van der Waals surface area contributed by atoms with Gasteiger partial charge in [-0.15, -0.1) is 11.3 Å². The molecule has 0 bridgehead atoms. The summed E-state index contributed by atoms with van der Waals surface area (Å²) in [6.45, 7) is 4.76. The number of carboxylic acids is 1. The molecule has 4 rings (SSSR count). The van der Waals surface area contributed by atoms with E-state index in [4.69, 9.17) is 15.2 Å². The number of hydrogen-bond donors (Lipinski definition) is 2. The van der Waals surface area contributed by atoms with Crippen LogP contribution in [0.4, 0.5) is 5.82 Å².